The van der Waals surface area contributed by atoms with Crippen LogP contribution in [0, 0.1) is 17.8 Å². The topological polar surface area (TPSA) is 69.7 Å². The van der Waals surface area contributed by atoms with E-state index in [2.05, 4.69) is 6.58 Å². The Morgan fingerprint density at radius 2 is 2.06 bits per heavy atom. The highest BCUT2D eigenvalue weighted by molar-refractivity contribution is 7.87. The maximum absolute atomic E-state index is 12.0. The van der Waals surface area contributed by atoms with Gasteiger partial charge in [-0.1, -0.05) is 13.5 Å². The van der Waals surface area contributed by atoms with E-state index in [1.165, 1.54) is 0 Å². The van der Waals surface area contributed by atoms with Gasteiger partial charge in [0.1, 0.15) is 11.4 Å². The third-order valence-electron chi connectivity index (χ3n) is 4.50. The van der Waals surface area contributed by atoms with E-state index in [1.54, 1.807) is 6.92 Å². The van der Waals surface area contributed by atoms with Gasteiger partial charge in [0.25, 0.3) is 10.1 Å². The number of fused-ring (bicyclic) bond motifs is 1. The molecule has 2 aliphatic carbocycles. The molecule has 1 heterocycles. The van der Waals surface area contributed by atoms with Gasteiger partial charge in [-0.25, -0.2) is 4.79 Å². The van der Waals surface area contributed by atoms with Gasteiger partial charge in [-0.05, 0) is 19.3 Å². The normalized spacial score (nSPS) is 47.2. The van der Waals surface area contributed by atoms with Crippen LogP contribution in [-0.2, 0) is 23.8 Å². The van der Waals surface area contributed by atoms with Crippen LogP contribution in [0.25, 0.3) is 0 Å². The summed E-state index contributed by atoms with van der Waals surface area (Å²) in [6, 6.07) is 0. The number of esters is 1. The van der Waals surface area contributed by atoms with Crippen molar-refractivity contribution in [2.75, 3.05) is 0 Å². The Labute approximate surface area is 106 Å². The monoisotopic (exact) mass is 272 g/mol. The lowest BCUT2D eigenvalue weighted by molar-refractivity contribution is -0.147. The summed E-state index contributed by atoms with van der Waals surface area (Å²) in [5.41, 5.74) is 0.290. The molecule has 6 heteroatoms. The lowest BCUT2D eigenvalue weighted by Crippen LogP contribution is -2.42. The van der Waals surface area contributed by atoms with Crippen LogP contribution >= 0.6 is 0 Å². The van der Waals surface area contributed by atoms with E-state index in [1.807, 2.05) is 6.92 Å². The Kier molecular flexibility index (Phi) is 2.41. The third kappa shape index (κ3) is 1.42. The Bertz CT molecular complexity index is 523. The van der Waals surface area contributed by atoms with Crippen LogP contribution in [0.15, 0.2) is 12.2 Å². The van der Waals surface area contributed by atoms with Gasteiger partial charge in [-0.15, -0.1) is 0 Å². The molecule has 0 aromatic rings. The molecule has 100 valence electrons. The molecule has 5 nitrogen and oxygen atoms in total. The van der Waals surface area contributed by atoms with Crippen LogP contribution < -0.4 is 0 Å². The van der Waals surface area contributed by atoms with Crippen molar-refractivity contribution >= 4 is 16.1 Å². The highest BCUT2D eigenvalue weighted by atomic mass is 32.2. The predicted octanol–water partition coefficient (Wildman–Crippen LogP) is 0.857. The van der Waals surface area contributed by atoms with Crippen LogP contribution in [0.2, 0.25) is 0 Å². The van der Waals surface area contributed by atoms with Gasteiger partial charge in [-0.3, -0.25) is 4.18 Å². The number of carbonyl (C=O) groups is 1. The minimum Gasteiger partial charge on any atom is -0.457 e. The standard InChI is InChI=1S/C12H16O5S/c1-5(2)12(13)16-10-7-4-8-9(6(7)3)17-18(14,15)11(8)10/h6-11H,1,4H2,2-3H3. The first-order valence-corrected chi connectivity index (χ1v) is 7.58. The molecule has 0 aromatic carbocycles. The molecular weight excluding hydrogens is 256 g/mol. The van der Waals surface area contributed by atoms with E-state index in [4.69, 9.17) is 8.92 Å². The summed E-state index contributed by atoms with van der Waals surface area (Å²) in [6.07, 6.45) is -0.0214. The van der Waals surface area contributed by atoms with Crippen molar-refractivity contribution in [2.24, 2.45) is 17.8 Å². The molecule has 1 aliphatic heterocycles. The molecule has 1 saturated heterocycles. The molecule has 2 bridgehead atoms. The van der Waals surface area contributed by atoms with Crippen LogP contribution in [0.4, 0.5) is 0 Å². The van der Waals surface area contributed by atoms with Gasteiger partial charge in [0, 0.05) is 17.4 Å². The average Bonchev–Trinajstić information content (AvgIpc) is 2.82. The minimum atomic E-state index is -3.59. The molecule has 18 heavy (non-hydrogen) atoms. The van der Waals surface area contributed by atoms with Crippen LogP contribution in [0.1, 0.15) is 20.3 Å². The van der Waals surface area contributed by atoms with Crippen LogP contribution in [0.5, 0.6) is 0 Å². The molecule has 2 saturated carbocycles. The maximum Gasteiger partial charge on any atom is 0.333 e. The van der Waals surface area contributed by atoms with Crippen molar-refractivity contribution in [3.05, 3.63) is 12.2 Å². The number of hydrogen-bond acceptors (Lipinski definition) is 5. The zero-order valence-corrected chi connectivity index (χ0v) is 11.1. The highest BCUT2D eigenvalue weighted by Gasteiger charge is 2.68. The number of hydrogen-bond donors (Lipinski definition) is 0. The molecule has 6 unspecified atom stereocenters. The molecule has 6 atom stereocenters. The van der Waals surface area contributed by atoms with Gasteiger partial charge < -0.3 is 4.74 Å². The van der Waals surface area contributed by atoms with Gasteiger partial charge in [0.15, 0.2) is 0 Å². The highest BCUT2D eigenvalue weighted by Crippen LogP contribution is 2.58. The second-order valence-corrected chi connectivity index (χ2v) is 7.31. The second-order valence-electron chi connectivity index (χ2n) is 5.59. The van der Waals surface area contributed by atoms with E-state index in [0.29, 0.717) is 5.57 Å². The largest absolute Gasteiger partial charge is 0.457 e. The molecular formula is C12H16O5S. The first-order valence-electron chi connectivity index (χ1n) is 6.11. The summed E-state index contributed by atoms with van der Waals surface area (Å²) in [5.74, 6) is -0.326. The van der Waals surface area contributed by atoms with Crippen molar-refractivity contribution < 1.29 is 22.1 Å². The van der Waals surface area contributed by atoms with E-state index in [-0.39, 0.29) is 23.9 Å². The number of rotatable bonds is 2. The predicted molar refractivity (Wildman–Crippen MR) is 63.0 cm³/mol. The summed E-state index contributed by atoms with van der Waals surface area (Å²) in [7, 11) is -3.59. The molecule has 0 amide bonds. The van der Waals surface area contributed by atoms with E-state index < -0.39 is 27.4 Å². The summed E-state index contributed by atoms with van der Waals surface area (Å²) < 4.78 is 34.4. The Morgan fingerprint density at radius 3 is 2.67 bits per heavy atom. The summed E-state index contributed by atoms with van der Waals surface area (Å²) in [5, 5.41) is -0.674. The quantitative estimate of drug-likeness (QED) is 0.423. The number of carbonyl (C=O) groups excluding carboxylic acids is 1. The molecule has 0 N–H and O–H groups in total. The van der Waals surface area contributed by atoms with E-state index >= 15 is 0 Å². The zero-order valence-electron chi connectivity index (χ0n) is 10.3. The lowest BCUT2D eigenvalue weighted by atomic mass is 9.85. The SMILES string of the molecule is C=C(C)C(=O)OC1C2CC3C(OS(=O)(=O)C31)C2C. The Balaban J connectivity index is 1.92. The molecule has 3 rings (SSSR count). The Hall–Kier alpha value is -0.880. The number of ether oxygens (including phenoxy) is 1. The van der Waals surface area contributed by atoms with E-state index in [9.17, 15) is 13.2 Å². The summed E-state index contributed by atoms with van der Waals surface area (Å²) in [6.45, 7) is 7.04. The minimum absolute atomic E-state index is 0.0158. The van der Waals surface area contributed by atoms with Gasteiger partial charge in [0.05, 0.1) is 6.10 Å². The first-order chi connectivity index (χ1) is 8.33. The molecule has 3 aliphatic rings. The molecule has 0 spiro atoms. The van der Waals surface area contributed by atoms with Crippen molar-refractivity contribution in [1.82, 2.24) is 0 Å². The maximum atomic E-state index is 12.0. The summed E-state index contributed by atoms with van der Waals surface area (Å²) in [4.78, 5) is 11.6. The zero-order chi connectivity index (χ0) is 13.2. The fraction of sp³-hybridized carbons (Fsp3) is 0.750. The van der Waals surface area contributed by atoms with E-state index in [0.717, 1.165) is 6.42 Å². The van der Waals surface area contributed by atoms with Crippen molar-refractivity contribution in [3.63, 3.8) is 0 Å². The van der Waals surface area contributed by atoms with Crippen molar-refractivity contribution in [2.45, 2.75) is 37.7 Å². The smallest absolute Gasteiger partial charge is 0.333 e. The van der Waals surface area contributed by atoms with Gasteiger partial charge >= 0.3 is 5.97 Å². The fourth-order valence-corrected chi connectivity index (χ4v) is 5.71. The van der Waals surface area contributed by atoms with Crippen molar-refractivity contribution in [1.29, 1.82) is 0 Å². The molecule has 0 aromatic heterocycles. The lowest BCUT2D eigenvalue weighted by Gasteiger charge is -2.29. The van der Waals surface area contributed by atoms with Gasteiger partial charge in [0.2, 0.25) is 0 Å². The first kappa shape index (κ1) is 12.2. The van der Waals surface area contributed by atoms with Crippen molar-refractivity contribution in [3.8, 4) is 0 Å². The second kappa shape index (κ2) is 3.57. The average molecular weight is 272 g/mol. The fourth-order valence-electron chi connectivity index (χ4n) is 3.67. The molecule has 0 radical (unpaired) electrons. The summed E-state index contributed by atoms with van der Waals surface area (Å²) >= 11 is 0. The van der Waals surface area contributed by atoms with Crippen LogP contribution in [-0.4, -0.2) is 31.8 Å². The van der Waals surface area contributed by atoms with Crippen LogP contribution in [0.3, 0.4) is 0 Å². The third-order valence-corrected chi connectivity index (χ3v) is 6.27. The van der Waals surface area contributed by atoms with Gasteiger partial charge in [-0.2, -0.15) is 8.42 Å². The molecule has 3 fully saturated rings. The Morgan fingerprint density at radius 1 is 1.39 bits per heavy atom.